The highest BCUT2D eigenvalue weighted by molar-refractivity contribution is 6.30. The Morgan fingerprint density at radius 3 is 2.68 bits per heavy atom. The van der Waals surface area contributed by atoms with Gasteiger partial charge in [-0.25, -0.2) is 0 Å². The quantitative estimate of drug-likeness (QED) is 0.815. The number of benzene rings is 2. The van der Waals surface area contributed by atoms with Crippen LogP contribution in [0.4, 0.5) is 0 Å². The second kappa shape index (κ2) is 6.87. The van der Waals surface area contributed by atoms with E-state index in [0.29, 0.717) is 5.75 Å². The third-order valence-corrected chi connectivity index (χ3v) is 4.18. The van der Waals surface area contributed by atoms with E-state index in [-0.39, 0.29) is 0 Å². The van der Waals surface area contributed by atoms with E-state index in [4.69, 9.17) is 11.6 Å². The van der Waals surface area contributed by atoms with Gasteiger partial charge in [0, 0.05) is 23.7 Å². The van der Waals surface area contributed by atoms with Crippen molar-refractivity contribution in [2.45, 2.75) is 12.8 Å². The first kappa shape index (κ1) is 15.0. The first-order valence-corrected chi connectivity index (χ1v) is 7.86. The summed E-state index contributed by atoms with van der Waals surface area (Å²) in [4.78, 5) is 2.36. The molecule has 0 aliphatic carbocycles. The number of halogens is 1. The molecule has 1 N–H and O–H groups in total. The summed E-state index contributed by atoms with van der Waals surface area (Å²) in [6, 6.07) is 13.3. The van der Waals surface area contributed by atoms with Crippen molar-refractivity contribution < 1.29 is 5.11 Å². The van der Waals surface area contributed by atoms with Crippen LogP contribution in [0.2, 0.25) is 5.02 Å². The molecule has 1 aliphatic heterocycles. The number of aromatic hydroxyl groups is 1. The zero-order valence-corrected chi connectivity index (χ0v) is 13.1. The molecular formula is C19H18ClNO. The van der Waals surface area contributed by atoms with Gasteiger partial charge in [0.25, 0.3) is 0 Å². The summed E-state index contributed by atoms with van der Waals surface area (Å²) in [6.45, 7) is 2.73. The van der Waals surface area contributed by atoms with E-state index in [2.05, 4.69) is 16.7 Å². The van der Waals surface area contributed by atoms with Crippen molar-refractivity contribution in [2.24, 2.45) is 0 Å². The molecule has 22 heavy (non-hydrogen) atoms. The van der Waals surface area contributed by atoms with Gasteiger partial charge in [0.2, 0.25) is 0 Å². The lowest BCUT2D eigenvalue weighted by atomic mass is 10.0. The molecule has 3 heteroatoms. The molecule has 2 aromatic rings. The Balaban J connectivity index is 1.62. The Morgan fingerprint density at radius 2 is 1.86 bits per heavy atom. The monoisotopic (exact) mass is 311 g/mol. The predicted octanol–water partition coefficient (Wildman–Crippen LogP) is 3.50. The highest BCUT2D eigenvalue weighted by atomic mass is 35.5. The number of nitrogens with zero attached hydrogens (tertiary/aromatic N) is 1. The summed E-state index contributed by atoms with van der Waals surface area (Å²) in [5.41, 5.74) is 3.55. The molecule has 0 unspecified atom stereocenters. The van der Waals surface area contributed by atoms with Crippen molar-refractivity contribution in [1.29, 1.82) is 0 Å². The van der Waals surface area contributed by atoms with Crippen LogP contribution >= 0.6 is 11.6 Å². The summed E-state index contributed by atoms with van der Waals surface area (Å²) < 4.78 is 0. The number of hydrogen-bond acceptors (Lipinski definition) is 2. The fraction of sp³-hybridized carbons (Fsp3) is 0.263. The average molecular weight is 312 g/mol. The molecule has 0 radical (unpaired) electrons. The predicted molar refractivity (Wildman–Crippen MR) is 90.3 cm³/mol. The SMILES string of the molecule is Oc1ccc2c(c1)CCN(CC#Cc1cccc(Cl)c1)CC2. The lowest BCUT2D eigenvalue weighted by Crippen LogP contribution is -2.26. The molecular weight excluding hydrogens is 294 g/mol. The van der Waals surface area contributed by atoms with E-state index in [9.17, 15) is 5.11 Å². The first-order valence-electron chi connectivity index (χ1n) is 7.48. The standard InChI is InChI=1S/C19H18ClNO/c20-18-5-1-3-15(13-18)4-2-10-21-11-8-16-6-7-19(22)14-17(16)9-12-21/h1,3,5-7,13-14,22H,8-12H2. The third-order valence-electron chi connectivity index (χ3n) is 3.94. The lowest BCUT2D eigenvalue weighted by molar-refractivity contribution is 0.323. The molecule has 0 atom stereocenters. The maximum atomic E-state index is 9.59. The Kier molecular flexibility index (Phi) is 4.68. The number of hydrogen-bond donors (Lipinski definition) is 1. The molecule has 0 spiro atoms. The molecule has 0 amide bonds. The summed E-state index contributed by atoms with van der Waals surface area (Å²) in [7, 11) is 0. The molecule has 112 valence electrons. The van der Waals surface area contributed by atoms with Gasteiger partial charge in [0.1, 0.15) is 5.75 Å². The normalized spacial score (nSPS) is 14.6. The minimum Gasteiger partial charge on any atom is -0.508 e. The molecule has 2 nitrogen and oxygen atoms in total. The van der Waals surface area contributed by atoms with Crippen LogP contribution in [0.15, 0.2) is 42.5 Å². The Labute approximate surface area is 136 Å². The molecule has 1 aliphatic rings. The second-order valence-electron chi connectivity index (χ2n) is 5.54. The fourth-order valence-electron chi connectivity index (χ4n) is 2.74. The van der Waals surface area contributed by atoms with Gasteiger partial charge in [0.05, 0.1) is 6.54 Å². The van der Waals surface area contributed by atoms with Gasteiger partial charge in [-0.3, -0.25) is 4.90 Å². The Morgan fingerprint density at radius 1 is 1.05 bits per heavy atom. The van der Waals surface area contributed by atoms with Crippen molar-refractivity contribution in [3.63, 3.8) is 0 Å². The van der Waals surface area contributed by atoms with Gasteiger partial charge in [-0.2, -0.15) is 0 Å². The van der Waals surface area contributed by atoms with Crippen LogP contribution < -0.4 is 0 Å². The molecule has 1 heterocycles. The smallest absolute Gasteiger partial charge is 0.115 e. The minimum atomic E-state index is 0.355. The Hall–Kier alpha value is -1.95. The summed E-state index contributed by atoms with van der Waals surface area (Å²) in [5.74, 6) is 6.75. The summed E-state index contributed by atoms with van der Waals surface area (Å²) in [5, 5.41) is 10.3. The topological polar surface area (TPSA) is 23.5 Å². The van der Waals surface area contributed by atoms with E-state index in [0.717, 1.165) is 43.1 Å². The van der Waals surface area contributed by atoms with Crippen LogP contribution in [-0.4, -0.2) is 29.6 Å². The first-order chi connectivity index (χ1) is 10.7. The van der Waals surface area contributed by atoms with E-state index < -0.39 is 0 Å². The number of fused-ring (bicyclic) bond motifs is 1. The number of phenolic OH excluding ortho intramolecular Hbond substituents is 1. The second-order valence-corrected chi connectivity index (χ2v) is 5.98. The van der Waals surface area contributed by atoms with E-state index >= 15 is 0 Å². The van der Waals surface area contributed by atoms with Crippen LogP contribution in [0, 0.1) is 11.8 Å². The highest BCUT2D eigenvalue weighted by Gasteiger charge is 2.13. The van der Waals surface area contributed by atoms with Gasteiger partial charge < -0.3 is 5.11 Å². The van der Waals surface area contributed by atoms with E-state index in [1.807, 2.05) is 36.4 Å². The van der Waals surface area contributed by atoms with Crippen LogP contribution in [-0.2, 0) is 12.8 Å². The molecule has 0 saturated heterocycles. The van der Waals surface area contributed by atoms with Crippen molar-refractivity contribution in [3.05, 3.63) is 64.2 Å². The molecule has 0 bridgehead atoms. The van der Waals surface area contributed by atoms with Gasteiger partial charge in [0.15, 0.2) is 0 Å². The zero-order valence-electron chi connectivity index (χ0n) is 12.3. The van der Waals surface area contributed by atoms with E-state index in [1.165, 1.54) is 11.1 Å². The van der Waals surface area contributed by atoms with Crippen molar-refractivity contribution in [3.8, 4) is 17.6 Å². The molecule has 0 aromatic heterocycles. The fourth-order valence-corrected chi connectivity index (χ4v) is 2.93. The maximum Gasteiger partial charge on any atom is 0.115 e. The van der Waals surface area contributed by atoms with Crippen molar-refractivity contribution >= 4 is 11.6 Å². The molecule has 3 rings (SSSR count). The average Bonchev–Trinajstić information content (AvgIpc) is 2.70. The highest BCUT2D eigenvalue weighted by Crippen LogP contribution is 2.20. The lowest BCUT2D eigenvalue weighted by Gasteiger charge is -2.15. The number of rotatable bonds is 1. The van der Waals surface area contributed by atoms with Crippen molar-refractivity contribution in [1.82, 2.24) is 4.90 Å². The largest absolute Gasteiger partial charge is 0.508 e. The van der Waals surface area contributed by atoms with Gasteiger partial charge >= 0.3 is 0 Å². The Bertz CT molecular complexity index is 730. The maximum absolute atomic E-state index is 9.59. The van der Waals surface area contributed by atoms with Crippen LogP contribution in [0.1, 0.15) is 16.7 Å². The summed E-state index contributed by atoms with van der Waals surface area (Å²) >= 11 is 5.96. The zero-order chi connectivity index (χ0) is 15.4. The van der Waals surface area contributed by atoms with Crippen LogP contribution in [0.25, 0.3) is 0 Å². The van der Waals surface area contributed by atoms with Crippen LogP contribution in [0.3, 0.4) is 0 Å². The van der Waals surface area contributed by atoms with E-state index in [1.54, 1.807) is 6.07 Å². The third kappa shape index (κ3) is 3.82. The van der Waals surface area contributed by atoms with Gasteiger partial charge in [-0.15, -0.1) is 0 Å². The van der Waals surface area contributed by atoms with Gasteiger partial charge in [-0.05, 0) is 54.3 Å². The molecule has 2 aromatic carbocycles. The number of phenols is 1. The summed E-state index contributed by atoms with van der Waals surface area (Å²) in [6.07, 6.45) is 1.97. The molecule has 0 fully saturated rings. The van der Waals surface area contributed by atoms with Crippen LogP contribution in [0.5, 0.6) is 5.75 Å². The molecule has 0 saturated carbocycles. The van der Waals surface area contributed by atoms with Gasteiger partial charge in [-0.1, -0.05) is 35.6 Å². The minimum absolute atomic E-state index is 0.355. The van der Waals surface area contributed by atoms with Crippen molar-refractivity contribution in [2.75, 3.05) is 19.6 Å².